The van der Waals surface area contributed by atoms with Gasteiger partial charge in [0.2, 0.25) is 0 Å². The molecular weight excluding hydrogens is 499 g/mol. The predicted octanol–water partition coefficient (Wildman–Crippen LogP) is 5.02. The molecule has 0 aliphatic heterocycles. The third-order valence-electron chi connectivity index (χ3n) is 5.42. The van der Waals surface area contributed by atoms with Crippen LogP contribution in [0.3, 0.4) is 0 Å². The van der Waals surface area contributed by atoms with Crippen LogP contribution in [0.2, 0.25) is 25.7 Å². The lowest BCUT2D eigenvalue weighted by molar-refractivity contribution is -0.139. The molecule has 0 fully saturated rings. The number of rotatable bonds is 7. The third-order valence-corrected chi connectivity index (χ3v) is 8.27. The first-order valence-electron chi connectivity index (χ1n) is 10.9. The van der Waals surface area contributed by atoms with Gasteiger partial charge in [0.15, 0.2) is 0 Å². The molecule has 7 nitrogen and oxygen atoms in total. The normalized spacial score (nSPS) is 12.6. The van der Waals surface area contributed by atoms with E-state index < -0.39 is 31.9 Å². The fourth-order valence-electron chi connectivity index (χ4n) is 3.63. The summed E-state index contributed by atoms with van der Waals surface area (Å²) in [4.78, 5) is 30.5. The number of halogens is 3. The zero-order chi connectivity index (χ0) is 25.5. The lowest BCUT2D eigenvalue weighted by Gasteiger charge is -2.17. The summed E-state index contributed by atoms with van der Waals surface area (Å²) in [5, 5.41) is 10.5. The van der Waals surface area contributed by atoms with Crippen LogP contribution >= 0.6 is 11.5 Å². The highest BCUT2D eigenvalue weighted by atomic mass is 32.1. The lowest BCUT2D eigenvalue weighted by Crippen LogP contribution is -2.27. The second-order valence-corrected chi connectivity index (χ2v) is 16.1. The maximum Gasteiger partial charge on any atom is 0.407 e. The summed E-state index contributed by atoms with van der Waals surface area (Å²) in [6, 6.07) is 9.98. The summed E-state index contributed by atoms with van der Waals surface area (Å²) in [5.41, 5.74) is -0.679. The molecule has 12 heteroatoms. The molecule has 0 saturated heterocycles. The topological polar surface area (TPSA) is 86.4 Å². The number of para-hydroxylation sites is 1. The molecule has 0 atom stereocenters. The van der Waals surface area contributed by atoms with Gasteiger partial charge in [0.05, 0.1) is 15.6 Å². The van der Waals surface area contributed by atoms with Gasteiger partial charge in [-0.05, 0) is 24.2 Å². The molecule has 35 heavy (non-hydrogen) atoms. The first kappa shape index (κ1) is 25.1. The zero-order valence-corrected chi connectivity index (χ0v) is 21.2. The van der Waals surface area contributed by atoms with Crippen LogP contribution in [0.4, 0.5) is 13.2 Å². The van der Waals surface area contributed by atoms with E-state index in [-0.39, 0.29) is 39.3 Å². The number of aromatic nitrogens is 3. The van der Waals surface area contributed by atoms with Crippen molar-refractivity contribution in [3.8, 4) is 17.0 Å². The molecule has 2 aromatic heterocycles. The zero-order valence-electron chi connectivity index (χ0n) is 19.3. The molecule has 2 aromatic carbocycles. The Labute approximate surface area is 203 Å². The molecule has 2 heterocycles. The van der Waals surface area contributed by atoms with Gasteiger partial charge >= 0.3 is 6.18 Å². The van der Waals surface area contributed by atoms with E-state index in [9.17, 15) is 27.9 Å². The van der Waals surface area contributed by atoms with E-state index in [1.165, 1.54) is 28.8 Å². The fourth-order valence-corrected chi connectivity index (χ4v) is 5.52. The minimum absolute atomic E-state index is 0.0632. The maximum absolute atomic E-state index is 13.5. The Kier molecular flexibility index (Phi) is 6.64. The van der Waals surface area contributed by atoms with Crippen molar-refractivity contribution in [1.29, 1.82) is 0 Å². The van der Waals surface area contributed by atoms with Crippen LogP contribution in [0.25, 0.3) is 32.4 Å². The predicted molar refractivity (Wildman–Crippen MR) is 133 cm³/mol. The van der Waals surface area contributed by atoms with Crippen molar-refractivity contribution in [2.45, 2.75) is 45.1 Å². The average Bonchev–Trinajstić information content (AvgIpc) is 3.06. The molecule has 1 N–H and O–H groups in total. The van der Waals surface area contributed by atoms with Crippen molar-refractivity contribution in [2.75, 3.05) is 6.61 Å². The molecule has 0 bridgehead atoms. The number of phenolic OH excluding ortho intramolecular Hbond substituents is 1. The summed E-state index contributed by atoms with van der Waals surface area (Å²) in [6.45, 7) is 5.57. The Hall–Kier alpha value is -2.96. The molecule has 0 aliphatic carbocycles. The number of nitrogens with zero attached hydrogens (tertiary/aromatic N) is 3. The highest BCUT2D eigenvalue weighted by Gasteiger charge is 2.30. The Balaban J connectivity index is 1.88. The van der Waals surface area contributed by atoms with Gasteiger partial charge in [0.1, 0.15) is 30.2 Å². The monoisotopic (exact) mass is 523 g/mol. The molecule has 0 radical (unpaired) electrons. The quantitative estimate of drug-likeness (QED) is 0.272. The van der Waals surface area contributed by atoms with Crippen molar-refractivity contribution in [1.82, 2.24) is 13.5 Å². The standard InChI is InChI=1S/C23H24F3N3O4SSi/c1-35(2,3)11-10-33-13-28-16-8-5-9-17(30)19(16)27-18(22(28)32)14-6-4-7-15-20(14)34-29(21(15)31)12-23(24,25)26/h4-9,30H,10-13H2,1-3H3. The minimum Gasteiger partial charge on any atom is -0.506 e. The Morgan fingerprint density at radius 1 is 1.09 bits per heavy atom. The maximum atomic E-state index is 13.5. The summed E-state index contributed by atoms with van der Waals surface area (Å²) < 4.78 is 46.9. The highest BCUT2D eigenvalue weighted by Crippen LogP contribution is 2.31. The van der Waals surface area contributed by atoms with Gasteiger partial charge in [0, 0.05) is 20.2 Å². The summed E-state index contributed by atoms with van der Waals surface area (Å²) in [7, 11) is -1.36. The van der Waals surface area contributed by atoms with Crippen molar-refractivity contribution >= 4 is 40.7 Å². The van der Waals surface area contributed by atoms with E-state index in [2.05, 4.69) is 24.6 Å². The largest absolute Gasteiger partial charge is 0.506 e. The number of fused-ring (bicyclic) bond motifs is 2. The first-order valence-corrected chi connectivity index (χ1v) is 15.3. The molecule has 4 aromatic rings. The van der Waals surface area contributed by atoms with Crippen LogP contribution in [0.5, 0.6) is 5.75 Å². The number of alkyl halides is 3. The van der Waals surface area contributed by atoms with Crippen LogP contribution in [-0.2, 0) is 18.0 Å². The molecule has 0 spiro atoms. The number of hydrogen-bond donors (Lipinski definition) is 1. The first-order chi connectivity index (χ1) is 16.4. The number of aromatic hydroxyl groups is 1. The van der Waals surface area contributed by atoms with Gasteiger partial charge in [-0.2, -0.15) is 13.2 Å². The van der Waals surface area contributed by atoms with Crippen LogP contribution in [-0.4, -0.2) is 39.5 Å². The smallest absolute Gasteiger partial charge is 0.407 e. The van der Waals surface area contributed by atoms with E-state index in [0.717, 1.165) is 6.04 Å². The second-order valence-electron chi connectivity index (χ2n) is 9.42. The Morgan fingerprint density at radius 2 is 1.80 bits per heavy atom. The van der Waals surface area contributed by atoms with Gasteiger partial charge in [-0.15, -0.1) is 0 Å². The molecule has 0 amide bonds. The van der Waals surface area contributed by atoms with Gasteiger partial charge < -0.3 is 9.84 Å². The van der Waals surface area contributed by atoms with Gasteiger partial charge in [-0.25, -0.2) is 4.98 Å². The van der Waals surface area contributed by atoms with Crippen molar-refractivity contribution in [3.05, 3.63) is 57.1 Å². The van der Waals surface area contributed by atoms with E-state index in [1.54, 1.807) is 12.1 Å². The van der Waals surface area contributed by atoms with Gasteiger partial charge in [-0.1, -0.05) is 49.4 Å². The number of hydrogen-bond acceptors (Lipinski definition) is 6. The van der Waals surface area contributed by atoms with Gasteiger partial charge in [0.25, 0.3) is 11.1 Å². The second kappa shape index (κ2) is 9.24. The van der Waals surface area contributed by atoms with Gasteiger partial charge in [-0.3, -0.25) is 18.1 Å². The highest BCUT2D eigenvalue weighted by molar-refractivity contribution is 7.14. The lowest BCUT2D eigenvalue weighted by atomic mass is 10.1. The Morgan fingerprint density at radius 3 is 2.49 bits per heavy atom. The van der Waals surface area contributed by atoms with Crippen molar-refractivity contribution in [2.24, 2.45) is 0 Å². The Bertz CT molecular complexity index is 1520. The van der Waals surface area contributed by atoms with Crippen LogP contribution in [0.15, 0.2) is 46.0 Å². The molecule has 186 valence electrons. The van der Waals surface area contributed by atoms with E-state index >= 15 is 0 Å². The molecular formula is C23H24F3N3O4SSi. The van der Waals surface area contributed by atoms with Crippen molar-refractivity contribution < 1.29 is 23.0 Å². The van der Waals surface area contributed by atoms with E-state index in [4.69, 9.17) is 4.74 Å². The summed E-state index contributed by atoms with van der Waals surface area (Å²) >= 11 is 0.627. The number of ether oxygens (including phenoxy) is 1. The minimum atomic E-state index is -4.57. The van der Waals surface area contributed by atoms with Crippen LogP contribution in [0.1, 0.15) is 0 Å². The van der Waals surface area contributed by atoms with Crippen LogP contribution in [0, 0.1) is 0 Å². The molecule has 4 rings (SSSR count). The molecule has 0 unspecified atom stereocenters. The summed E-state index contributed by atoms with van der Waals surface area (Å²) in [6.07, 6.45) is -4.57. The van der Waals surface area contributed by atoms with E-state index in [1.807, 2.05) is 0 Å². The summed E-state index contributed by atoms with van der Waals surface area (Å²) in [5.74, 6) is -0.158. The number of phenols is 1. The van der Waals surface area contributed by atoms with Crippen LogP contribution < -0.4 is 11.1 Å². The SMILES string of the molecule is C[Si](C)(C)CCOCn1c(=O)c(-c2cccc3c(=O)n(CC(F)(F)F)sc23)nc2c(O)cccc21. The molecule has 0 aliphatic rings. The fraction of sp³-hybridized carbons (Fsp3) is 0.348. The van der Waals surface area contributed by atoms with Crippen molar-refractivity contribution in [3.63, 3.8) is 0 Å². The third kappa shape index (κ3) is 5.33. The molecule has 0 saturated carbocycles. The average molecular weight is 524 g/mol. The van der Waals surface area contributed by atoms with E-state index in [0.29, 0.717) is 27.6 Å². The number of benzene rings is 2.